The van der Waals surface area contributed by atoms with Crippen LogP contribution in [0.15, 0.2) is 18.2 Å². The molecule has 0 bridgehead atoms. The first-order valence-electron chi connectivity index (χ1n) is 6.07. The van der Waals surface area contributed by atoms with Crippen LogP contribution in [0.5, 0.6) is 0 Å². The molecule has 1 aromatic carbocycles. The average molecular weight is 282 g/mol. The second kappa shape index (κ2) is 5.33. The van der Waals surface area contributed by atoms with E-state index in [0.29, 0.717) is 4.83 Å². The number of benzene rings is 1. The lowest BCUT2D eigenvalue weighted by molar-refractivity contribution is 0.228. The molecule has 1 aliphatic rings. The first-order valence-corrected chi connectivity index (χ1v) is 6.99. The van der Waals surface area contributed by atoms with Crippen molar-refractivity contribution in [2.45, 2.75) is 38.1 Å². The molecular formula is C14H20BrN. The van der Waals surface area contributed by atoms with E-state index in [-0.39, 0.29) is 0 Å². The van der Waals surface area contributed by atoms with Crippen LogP contribution in [0.25, 0.3) is 0 Å². The number of aryl methyl sites for hydroxylation is 2. The monoisotopic (exact) mass is 281 g/mol. The van der Waals surface area contributed by atoms with Gasteiger partial charge in [-0.3, -0.25) is 4.90 Å². The fourth-order valence-electron chi connectivity index (χ4n) is 2.30. The molecule has 1 heterocycles. The number of hydrogen-bond acceptors (Lipinski definition) is 1. The van der Waals surface area contributed by atoms with Gasteiger partial charge in [-0.2, -0.15) is 0 Å². The molecule has 1 saturated heterocycles. The van der Waals surface area contributed by atoms with Crippen LogP contribution >= 0.6 is 15.9 Å². The summed E-state index contributed by atoms with van der Waals surface area (Å²) in [5.41, 5.74) is 4.25. The normalized spacial score (nSPS) is 22.3. The van der Waals surface area contributed by atoms with Crippen molar-refractivity contribution in [2.75, 3.05) is 13.1 Å². The van der Waals surface area contributed by atoms with E-state index in [0.717, 1.165) is 6.54 Å². The first-order chi connectivity index (χ1) is 7.65. The molecule has 1 fully saturated rings. The number of likely N-dealkylation sites (tertiary alicyclic amines) is 1. The summed E-state index contributed by atoms with van der Waals surface area (Å²) >= 11 is 3.73. The highest BCUT2D eigenvalue weighted by atomic mass is 79.9. The number of piperidine rings is 1. The maximum absolute atomic E-state index is 3.73. The van der Waals surface area contributed by atoms with E-state index < -0.39 is 0 Å². The number of halogens is 1. The standard InChI is InChI=1S/C14H20BrN/c1-11-5-6-13(8-12(11)2)9-16-7-3-4-14(15)10-16/h5-6,8,14H,3-4,7,9-10H2,1-2H3. The van der Waals surface area contributed by atoms with Crippen LogP contribution < -0.4 is 0 Å². The lowest BCUT2D eigenvalue weighted by Crippen LogP contribution is -2.35. The average Bonchev–Trinajstić information content (AvgIpc) is 2.24. The molecule has 0 amide bonds. The van der Waals surface area contributed by atoms with Gasteiger partial charge >= 0.3 is 0 Å². The molecule has 2 heteroatoms. The molecule has 0 spiro atoms. The number of alkyl halides is 1. The van der Waals surface area contributed by atoms with Crippen LogP contribution in [-0.2, 0) is 6.54 Å². The highest BCUT2D eigenvalue weighted by Crippen LogP contribution is 2.19. The van der Waals surface area contributed by atoms with Crippen LogP contribution in [-0.4, -0.2) is 22.8 Å². The Morgan fingerprint density at radius 2 is 2.12 bits per heavy atom. The van der Waals surface area contributed by atoms with E-state index in [9.17, 15) is 0 Å². The topological polar surface area (TPSA) is 3.24 Å². The molecule has 1 unspecified atom stereocenters. The van der Waals surface area contributed by atoms with Gasteiger partial charge in [0.25, 0.3) is 0 Å². The SMILES string of the molecule is Cc1ccc(CN2CCCC(Br)C2)cc1C. The van der Waals surface area contributed by atoms with Gasteiger partial charge < -0.3 is 0 Å². The summed E-state index contributed by atoms with van der Waals surface area (Å²) in [6, 6.07) is 6.83. The number of hydrogen-bond donors (Lipinski definition) is 0. The minimum Gasteiger partial charge on any atom is -0.298 e. The predicted molar refractivity (Wildman–Crippen MR) is 73.1 cm³/mol. The Balaban J connectivity index is 2.00. The zero-order valence-electron chi connectivity index (χ0n) is 10.2. The minimum atomic E-state index is 0.688. The maximum atomic E-state index is 3.73. The summed E-state index contributed by atoms with van der Waals surface area (Å²) in [5.74, 6) is 0. The van der Waals surface area contributed by atoms with Crippen molar-refractivity contribution in [3.05, 3.63) is 34.9 Å². The number of rotatable bonds is 2. The van der Waals surface area contributed by atoms with Crippen molar-refractivity contribution in [3.8, 4) is 0 Å². The third-order valence-corrected chi connectivity index (χ3v) is 4.17. The summed E-state index contributed by atoms with van der Waals surface area (Å²) in [6.07, 6.45) is 2.64. The van der Waals surface area contributed by atoms with Gasteiger partial charge in [0.15, 0.2) is 0 Å². The minimum absolute atomic E-state index is 0.688. The Hall–Kier alpha value is -0.340. The largest absolute Gasteiger partial charge is 0.298 e. The molecule has 1 aromatic rings. The predicted octanol–water partition coefficient (Wildman–Crippen LogP) is 3.66. The van der Waals surface area contributed by atoms with E-state index in [2.05, 4.69) is 52.9 Å². The Morgan fingerprint density at radius 1 is 1.31 bits per heavy atom. The smallest absolute Gasteiger partial charge is 0.0273 e. The van der Waals surface area contributed by atoms with Crippen LogP contribution in [0.1, 0.15) is 29.5 Å². The Kier molecular flexibility index (Phi) is 4.04. The summed E-state index contributed by atoms with van der Waals surface area (Å²) in [5, 5.41) is 0. The molecule has 0 N–H and O–H groups in total. The molecule has 88 valence electrons. The molecule has 16 heavy (non-hydrogen) atoms. The van der Waals surface area contributed by atoms with Gasteiger partial charge in [0.2, 0.25) is 0 Å². The van der Waals surface area contributed by atoms with Gasteiger partial charge in [-0.1, -0.05) is 34.1 Å². The lowest BCUT2D eigenvalue weighted by atomic mass is 10.0. The molecule has 1 aliphatic heterocycles. The van der Waals surface area contributed by atoms with Crippen LogP contribution in [0.2, 0.25) is 0 Å². The van der Waals surface area contributed by atoms with Crippen molar-refractivity contribution < 1.29 is 0 Å². The zero-order valence-corrected chi connectivity index (χ0v) is 11.8. The van der Waals surface area contributed by atoms with E-state index >= 15 is 0 Å². The van der Waals surface area contributed by atoms with Crippen molar-refractivity contribution >= 4 is 15.9 Å². The zero-order chi connectivity index (χ0) is 11.5. The molecule has 0 radical (unpaired) electrons. The second-order valence-corrected chi connectivity index (χ2v) is 6.19. The highest BCUT2D eigenvalue weighted by Gasteiger charge is 2.17. The molecular weight excluding hydrogens is 262 g/mol. The summed E-state index contributed by atoms with van der Waals surface area (Å²) < 4.78 is 0. The van der Waals surface area contributed by atoms with E-state index in [1.165, 1.54) is 42.6 Å². The van der Waals surface area contributed by atoms with Gasteiger partial charge in [0, 0.05) is 17.9 Å². The van der Waals surface area contributed by atoms with Crippen molar-refractivity contribution in [2.24, 2.45) is 0 Å². The lowest BCUT2D eigenvalue weighted by Gasteiger charge is -2.30. The number of nitrogens with zero attached hydrogens (tertiary/aromatic N) is 1. The molecule has 1 atom stereocenters. The van der Waals surface area contributed by atoms with E-state index in [1.807, 2.05) is 0 Å². The van der Waals surface area contributed by atoms with Crippen LogP contribution in [0, 0.1) is 13.8 Å². The molecule has 0 saturated carbocycles. The van der Waals surface area contributed by atoms with E-state index in [4.69, 9.17) is 0 Å². The Morgan fingerprint density at radius 3 is 2.81 bits per heavy atom. The first kappa shape index (κ1) is 12.1. The van der Waals surface area contributed by atoms with Crippen molar-refractivity contribution in [1.82, 2.24) is 4.90 Å². The fourth-order valence-corrected chi connectivity index (χ4v) is 3.04. The van der Waals surface area contributed by atoms with Crippen LogP contribution in [0.4, 0.5) is 0 Å². The Labute approximate surface area is 107 Å². The van der Waals surface area contributed by atoms with Crippen molar-refractivity contribution in [1.29, 1.82) is 0 Å². The summed E-state index contributed by atoms with van der Waals surface area (Å²) in [7, 11) is 0. The molecule has 2 rings (SSSR count). The quantitative estimate of drug-likeness (QED) is 0.748. The summed E-state index contributed by atoms with van der Waals surface area (Å²) in [6.45, 7) is 7.90. The third kappa shape index (κ3) is 3.08. The van der Waals surface area contributed by atoms with Gasteiger partial charge in [0.1, 0.15) is 0 Å². The van der Waals surface area contributed by atoms with Crippen LogP contribution in [0.3, 0.4) is 0 Å². The van der Waals surface area contributed by atoms with Gasteiger partial charge in [0.05, 0.1) is 0 Å². The second-order valence-electron chi connectivity index (χ2n) is 4.89. The van der Waals surface area contributed by atoms with Gasteiger partial charge in [-0.25, -0.2) is 0 Å². The summed E-state index contributed by atoms with van der Waals surface area (Å²) in [4.78, 5) is 3.24. The molecule has 1 nitrogen and oxygen atoms in total. The Bertz CT molecular complexity index is 362. The van der Waals surface area contributed by atoms with E-state index in [1.54, 1.807) is 0 Å². The maximum Gasteiger partial charge on any atom is 0.0273 e. The van der Waals surface area contributed by atoms with Gasteiger partial charge in [-0.05, 0) is 49.9 Å². The molecule has 0 aromatic heterocycles. The van der Waals surface area contributed by atoms with Crippen molar-refractivity contribution in [3.63, 3.8) is 0 Å². The molecule has 0 aliphatic carbocycles. The van der Waals surface area contributed by atoms with Gasteiger partial charge in [-0.15, -0.1) is 0 Å². The third-order valence-electron chi connectivity index (χ3n) is 3.43. The highest BCUT2D eigenvalue weighted by molar-refractivity contribution is 9.09. The fraction of sp³-hybridized carbons (Fsp3) is 0.571.